The molecule has 38 heavy (non-hydrogen) atoms. The lowest BCUT2D eigenvalue weighted by Gasteiger charge is -2.35. The zero-order valence-electron chi connectivity index (χ0n) is 20.2. The Kier molecular flexibility index (Phi) is 8.32. The van der Waals surface area contributed by atoms with E-state index in [1.807, 2.05) is 0 Å². The smallest absolute Gasteiger partial charge is 0.338 e. The fourth-order valence-electron chi connectivity index (χ4n) is 3.64. The van der Waals surface area contributed by atoms with Gasteiger partial charge in [-0.15, -0.1) is 0 Å². The molecule has 2 N–H and O–H groups in total. The van der Waals surface area contributed by atoms with E-state index in [0.29, 0.717) is 11.3 Å². The number of nitro benzene ring substituents is 1. The van der Waals surface area contributed by atoms with Crippen molar-refractivity contribution in [3.63, 3.8) is 0 Å². The average Bonchev–Trinajstić information content (AvgIpc) is 2.82. The summed E-state index contributed by atoms with van der Waals surface area (Å²) in [5, 5.41) is 10.9. The van der Waals surface area contributed by atoms with Gasteiger partial charge in [-0.2, -0.15) is 0 Å². The van der Waals surface area contributed by atoms with E-state index in [2.05, 4.69) is 9.47 Å². The van der Waals surface area contributed by atoms with Crippen LogP contribution in [-0.2, 0) is 9.47 Å². The lowest BCUT2D eigenvalue weighted by Crippen LogP contribution is -2.43. The van der Waals surface area contributed by atoms with Gasteiger partial charge in [-0.25, -0.2) is 27.2 Å². The van der Waals surface area contributed by atoms with Crippen LogP contribution in [0.15, 0.2) is 36.4 Å². The van der Waals surface area contributed by atoms with Gasteiger partial charge in [0.05, 0.1) is 36.0 Å². The predicted octanol–water partition coefficient (Wildman–Crippen LogP) is 4.79. The Morgan fingerprint density at radius 2 is 1.26 bits per heavy atom. The van der Waals surface area contributed by atoms with Gasteiger partial charge in [0.2, 0.25) is 0 Å². The molecule has 2 fully saturated rings. The Balaban J connectivity index is 0.000000212. The standard InChI is InChI=1S/C12H11F2NO5.C12H13F2NO3/c1-19-11(16)7-2-3-10(9(4-7)15(17)18)20-8-5-12(13,14)6-8;1-17-11(16)7-2-3-10(9(15)4-7)18-8-5-12(13,14)6-8/h2-4,8H,5-6H2,1H3;2-4,8H,5-6,15H2,1H3. The van der Waals surface area contributed by atoms with Gasteiger partial charge in [-0.1, -0.05) is 0 Å². The first-order chi connectivity index (χ1) is 17.7. The number of hydrogen-bond donors (Lipinski definition) is 1. The average molecular weight is 544 g/mol. The molecule has 206 valence electrons. The maximum atomic E-state index is 12.7. The number of hydrogen-bond acceptors (Lipinski definition) is 9. The fourth-order valence-corrected chi connectivity index (χ4v) is 3.64. The van der Waals surface area contributed by atoms with E-state index in [-0.39, 0.29) is 29.8 Å². The van der Waals surface area contributed by atoms with Crippen LogP contribution in [0.1, 0.15) is 46.4 Å². The van der Waals surface area contributed by atoms with E-state index >= 15 is 0 Å². The van der Waals surface area contributed by atoms with Crippen molar-refractivity contribution in [1.29, 1.82) is 0 Å². The third kappa shape index (κ3) is 7.01. The highest BCUT2D eigenvalue weighted by Gasteiger charge is 2.48. The molecule has 2 aliphatic rings. The second kappa shape index (κ2) is 11.1. The largest absolute Gasteiger partial charge is 0.488 e. The number of halogens is 4. The van der Waals surface area contributed by atoms with Gasteiger partial charge < -0.3 is 24.7 Å². The Bertz CT molecular complexity index is 1210. The Labute approximate surface area is 213 Å². The number of carbonyl (C=O) groups is 2. The third-order valence-electron chi connectivity index (χ3n) is 5.70. The number of methoxy groups -OCH3 is 2. The molecule has 0 saturated heterocycles. The van der Waals surface area contributed by atoms with Gasteiger partial charge in [0.25, 0.3) is 11.8 Å². The molecule has 2 aliphatic carbocycles. The number of carbonyl (C=O) groups excluding carboxylic acids is 2. The summed E-state index contributed by atoms with van der Waals surface area (Å²) in [4.78, 5) is 32.7. The SMILES string of the molecule is COC(=O)c1ccc(OC2CC(F)(F)C2)c(N)c1.COC(=O)c1ccc(OC2CC(F)(F)C2)c([N+](=O)[O-])c1. The molecule has 0 aromatic heterocycles. The third-order valence-corrected chi connectivity index (χ3v) is 5.70. The zero-order valence-corrected chi connectivity index (χ0v) is 20.2. The summed E-state index contributed by atoms with van der Waals surface area (Å²) >= 11 is 0. The predicted molar refractivity (Wildman–Crippen MR) is 124 cm³/mol. The van der Waals surface area contributed by atoms with Crippen molar-refractivity contribution in [2.75, 3.05) is 20.0 Å². The Morgan fingerprint density at radius 3 is 1.66 bits per heavy atom. The van der Waals surface area contributed by atoms with Crippen LogP contribution in [0.25, 0.3) is 0 Å². The van der Waals surface area contributed by atoms with Gasteiger partial charge in [0, 0.05) is 31.7 Å². The van der Waals surface area contributed by atoms with Crippen molar-refractivity contribution in [1.82, 2.24) is 0 Å². The first-order valence-corrected chi connectivity index (χ1v) is 11.2. The number of nitrogen functional groups attached to an aromatic ring is 1. The number of esters is 2. The number of alkyl halides is 4. The molecule has 0 spiro atoms. The van der Waals surface area contributed by atoms with Gasteiger partial charge in [-0.3, -0.25) is 10.1 Å². The van der Waals surface area contributed by atoms with Gasteiger partial charge in [0.1, 0.15) is 18.0 Å². The number of rotatable bonds is 7. The van der Waals surface area contributed by atoms with E-state index in [0.717, 1.165) is 13.2 Å². The Morgan fingerprint density at radius 1 is 0.842 bits per heavy atom. The number of anilines is 1. The summed E-state index contributed by atoms with van der Waals surface area (Å²) in [6.45, 7) is 0. The minimum Gasteiger partial charge on any atom is -0.488 e. The van der Waals surface area contributed by atoms with Crippen molar-refractivity contribution in [2.45, 2.75) is 49.7 Å². The highest BCUT2D eigenvalue weighted by molar-refractivity contribution is 5.91. The molecule has 2 saturated carbocycles. The van der Waals surface area contributed by atoms with Gasteiger partial charge in [-0.05, 0) is 30.3 Å². The molecule has 4 rings (SSSR count). The second-order valence-corrected chi connectivity index (χ2v) is 8.68. The summed E-state index contributed by atoms with van der Waals surface area (Å²) < 4.78 is 70.1. The first-order valence-electron chi connectivity index (χ1n) is 11.2. The van der Waals surface area contributed by atoms with Crippen LogP contribution in [0.3, 0.4) is 0 Å². The number of benzene rings is 2. The number of nitro groups is 1. The second-order valence-electron chi connectivity index (χ2n) is 8.68. The van der Waals surface area contributed by atoms with E-state index in [1.165, 1.54) is 37.4 Å². The fraction of sp³-hybridized carbons (Fsp3) is 0.417. The molecular weight excluding hydrogens is 520 g/mol. The molecular formula is C24H24F4N2O8. The molecule has 0 unspecified atom stereocenters. The summed E-state index contributed by atoms with van der Waals surface area (Å²) in [5.74, 6) is -6.47. The normalized spacial score (nSPS) is 17.5. The molecule has 2 aromatic rings. The zero-order chi connectivity index (χ0) is 28.3. The molecule has 14 heteroatoms. The van der Waals surface area contributed by atoms with Crippen molar-refractivity contribution in [3.8, 4) is 11.5 Å². The highest BCUT2D eigenvalue weighted by Crippen LogP contribution is 2.42. The lowest BCUT2D eigenvalue weighted by molar-refractivity contribution is -0.386. The summed E-state index contributed by atoms with van der Waals surface area (Å²) in [6, 6.07) is 7.86. The van der Waals surface area contributed by atoms with E-state index in [1.54, 1.807) is 0 Å². The van der Waals surface area contributed by atoms with Crippen molar-refractivity contribution in [2.24, 2.45) is 0 Å². The van der Waals surface area contributed by atoms with E-state index < -0.39 is 59.4 Å². The van der Waals surface area contributed by atoms with E-state index in [9.17, 15) is 37.3 Å². The summed E-state index contributed by atoms with van der Waals surface area (Å²) in [5.41, 5.74) is 5.75. The monoisotopic (exact) mass is 544 g/mol. The topological polar surface area (TPSA) is 140 Å². The van der Waals surface area contributed by atoms with Crippen LogP contribution in [0.5, 0.6) is 11.5 Å². The van der Waals surface area contributed by atoms with Crippen LogP contribution in [-0.4, -0.2) is 55.1 Å². The van der Waals surface area contributed by atoms with Crippen LogP contribution in [0.2, 0.25) is 0 Å². The molecule has 0 atom stereocenters. The molecule has 2 aromatic carbocycles. The highest BCUT2D eigenvalue weighted by atomic mass is 19.3. The van der Waals surface area contributed by atoms with Crippen LogP contribution < -0.4 is 15.2 Å². The maximum absolute atomic E-state index is 12.7. The molecule has 0 amide bonds. The van der Waals surface area contributed by atoms with Crippen LogP contribution in [0, 0.1) is 10.1 Å². The minimum atomic E-state index is -2.77. The van der Waals surface area contributed by atoms with Gasteiger partial charge >= 0.3 is 17.6 Å². The van der Waals surface area contributed by atoms with Crippen molar-refractivity contribution in [3.05, 3.63) is 57.6 Å². The molecule has 0 heterocycles. The van der Waals surface area contributed by atoms with Crippen LogP contribution >= 0.6 is 0 Å². The van der Waals surface area contributed by atoms with Crippen molar-refractivity contribution < 1.29 is 51.0 Å². The minimum absolute atomic E-state index is 0.00881. The maximum Gasteiger partial charge on any atom is 0.338 e. The molecule has 0 bridgehead atoms. The number of ether oxygens (including phenoxy) is 4. The van der Waals surface area contributed by atoms with Crippen LogP contribution in [0.4, 0.5) is 28.9 Å². The molecule has 10 nitrogen and oxygen atoms in total. The lowest BCUT2D eigenvalue weighted by atomic mass is 9.91. The van der Waals surface area contributed by atoms with Crippen molar-refractivity contribution >= 4 is 23.3 Å². The first kappa shape index (κ1) is 28.5. The summed E-state index contributed by atoms with van der Waals surface area (Å²) in [6.07, 6.45) is -2.82. The number of nitrogens with zero attached hydrogens (tertiary/aromatic N) is 1. The van der Waals surface area contributed by atoms with E-state index in [4.69, 9.17) is 15.2 Å². The number of nitrogens with two attached hydrogens (primary N) is 1. The molecule has 0 radical (unpaired) electrons. The molecule has 0 aliphatic heterocycles. The Hall–Kier alpha value is -4.10. The van der Waals surface area contributed by atoms with Gasteiger partial charge in [0.15, 0.2) is 5.75 Å². The quantitative estimate of drug-likeness (QED) is 0.171. The summed E-state index contributed by atoms with van der Waals surface area (Å²) in [7, 11) is 2.41.